The molecule has 1 aliphatic rings. The standard InChI is InChI=1S/C19H21N5O/c20-10-12-23-13-17(21-22-23)19(25)24-11-4-9-18(24)16-8-3-6-14-5-1-2-7-15(14)16/h1-3,5-8,13,18H,4,9-12,20H2. The first-order chi connectivity index (χ1) is 12.3. The molecule has 2 heterocycles. The second-order valence-electron chi connectivity index (χ2n) is 6.38. The van der Waals surface area contributed by atoms with Gasteiger partial charge in [-0.3, -0.25) is 9.48 Å². The Bertz CT molecular complexity index is 898. The van der Waals surface area contributed by atoms with Crippen LogP contribution in [-0.2, 0) is 6.54 Å². The normalized spacial score (nSPS) is 17.3. The molecule has 4 rings (SSSR count). The fourth-order valence-corrected chi connectivity index (χ4v) is 3.66. The molecule has 0 saturated carbocycles. The van der Waals surface area contributed by atoms with Crippen molar-refractivity contribution in [2.75, 3.05) is 13.1 Å². The van der Waals surface area contributed by atoms with E-state index in [0.29, 0.717) is 18.8 Å². The molecule has 1 aliphatic heterocycles. The van der Waals surface area contributed by atoms with E-state index in [2.05, 4.69) is 40.6 Å². The van der Waals surface area contributed by atoms with E-state index >= 15 is 0 Å². The van der Waals surface area contributed by atoms with Gasteiger partial charge in [0.2, 0.25) is 0 Å². The van der Waals surface area contributed by atoms with Gasteiger partial charge in [0, 0.05) is 13.1 Å². The molecule has 0 radical (unpaired) electrons. The summed E-state index contributed by atoms with van der Waals surface area (Å²) in [6.45, 7) is 1.78. The topological polar surface area (TPSA) is 77.0 Å². The van der Waals surface area contributed by atoms with Gasteiger partial charge in [0.05, 0.1) is 18.8 Å². The Kier molecular flexibility index (Phi) is 4.19. The van der Waals surface area contributed by atoms with Crippen molar-refractivity contribution in [3.63, 3.8) is 0 Å². The lowest BCUT2D eigenvalue weighted by Gasteiger charge is -2.25. The lowest BCUT2D eigenvalue weighted by Crippen LogP contribution is -2.31. The fourth-order valence-electron chi connectivity index (χ4n) is 3.66. The van der Waals surface area contributed by atoms with E-state index in [1.165, 1.54) is 16.3 Å². The molecule has 1 amide bonds. The Morgan fingerprint density at radius 2 is 2.04 bits per heavy atom. The highest BCUT2D eigenvalue weighted by Crippen LogP contribution is 2.36. The van der Waals surface area contributed by atoms with Crippen molar-refractivity contribution in [2.24, 2.45) is 5.73 Å². The zero-order valence-electron chi connectivity index (χ0n) is 14.0. The minimum Gasteiger partial charge on any atom is -0.330 e. The highest BCUT2D eigenvalue weighted by molar-refractivity contribution is 5.93. The van der Waals surface area contributed by atoms with E-state index < -0.39 is 0 Å². The number of benzene rings is 2. The van der Waals surface area contributed by atoms with Crippen LogP contribution in [0, 0.1) is 0 Å². The van der Waals surface area contributed by atoms with Crippen LogP contribution in [0.25, 0.3) is 10.8 Å². The molecule has 1 fully saturated rings. The van der Waals surface area contributed by atoms with E-state index in [0.717, 1.165) is 19.4 Å². The lowest BCUT2D eigenvalue weighted by atomic mass is 9.97. The summed E-state index contributed by atoms with van der Waals surface area (Å²) in [7, 11) is 0. The van der Waals surface area contributed by atoms with Crippen LogP contribution in [0.3, 0.4) is 0 Å². The second kappa shape index (κ2) is 6.64. The number of hydrogen-bond acceptors (Lipinski definition) is 4. The maximum atomic E-state index is 13.0. The number of fused-ring (bicyclic) bond motifs is 1. The minimum atomic E-state index is -0.0568. The third-order valence-corrected chi connectivity index (χ3v) is 4.81. The molecule has 6 nitrogen and oxygen atoms in total. The Labute approximate surface area is 146 Å². The third-order valence-electron chi connectivity index (χ3n) is 4.81. The number of amides is 1. The average Bonchev–Trinajstić information content (AvgIpc) is 3.30. The van der Waals surface area contributed by atoms with E-state index in [9.17, 15) is 4.79 Å². The van der Waals surface area contributed by atoms with Crippen LogP contribution in [0.5, 0.6) is 0 Å². The van der Waals surface area contributed by atoms with Gasteiger partial charge in [0.25, 0.3) is 5.91 Å². The van der Waals surface area contributed by atoms with Gasteiger partial charge in [-0.05, 0) is 29.2 Å². The van der Waals surface area contributed by atoms with Crippen molar-refractivity contribution in [3.8, 4) is 0 Å². The minimum absolute atomic E-state index is 0.0568. The number of hydrogen-bond donors (Lipinski definition) is 1. The average molecular weight is 335 g/mol. The summed E-state index contributed by atoms with van der Waals surface area (Å²) in [6, 6.07) is 14.7. The highest BCUT2D eigenvalue weighted by Gasteiger charge is 2.32. The third kappa shape index (κ3) is 2.89. The summed E-state index contributed by atoms with van der Waals surface area (Å²) < 4.78 is 1.62. The first kappa shape index (κ1) is 15.8. The van der Waals surface area contributed by atoms with E-state index in [1.807, 2.05) is 17.0 Å². The van der Waals surface area contributed by atoms with Crippen molar-refractivity contribution >= 4 is 16.7 Å². The molecule has 1 aromatic heterocycles. The Morgan fingerprint density at radius 3 is 2.92 bits per heavy atom. The van der Waals surface area contributed by atoms with E-state index in [-0.39, 0.29) is 11.9 Å². The first-order valence-corrected chi connectivity index (χ1v) is 8.67. The molecular weight excluding hydrogens is 314 g/mol. The van der Waals surface area contributed by atoms with Crippen LogP contribution >= 0.6 is 0 Å². The summed E-state index contributed by atoms with van der Waals surface area (Å²) >= 11 is 0. The number of aromatic nitrogens is 3. The lowest BCUT2D eigenvalue weighted by molar-refractivity contribution is 0.0730. The van der Waals surface area contributed by atoms with E-state index in [1.54, 1.807) is 10.9 Å². The molecule has 25 heavy (non-hydrogen) atoms. The molecule has 128 valence electrons. The maximum absolute atomic E-state index is 13.0. The quantitative estimate of drug-likeness (QED) is 0.794. The zero-order chi connectivity index (χ0) is 17.2. The summed E-state index contributed by atoms with van der Waals surface area (Å²) in [4.78, 5) is 14.9. The van der Waals surface area contributed by atoms with Crippen LogP contribution in [0.4, 0.5) is 0 Å². The van der Waals surface area contributed by atoms with E-state index in [4.69, 9.17) is 5.73 Å². The summed E-state index contributed by atoms with van der Waals surface area (Å²) in [5.74, 6) is -0.0568. The summed E-state index contributed by atoms with van der Waals surface area (Å²) in [6.07, 6.45) is 3.65. The fraction of sp³-hybridized carbons (Fsp3) is 0.316. The van der Waals surface area contributed by atoms with Gasteiger partial charge in [-0.2, -0.15) is 0 Å². The zero-order valence-corrected chi connectivity index (χ0v) is 14.0. The number of rotatable bonds is 4. The van der Waals surface area contributed by atoms with Crippen molar-refractivity contribution in [1.82, 2.24) is 19.9 Å². The second-order valence-corrected chi connectivity index (χ2v) is 6.38. The van der Waals surface area contributed by atoms with Gasteiger partial charge in [-0.25, -0.2) is 0 Å². The number of nitrogens with zero attached hydrogens (tertiary/aromatic N) is 4. The van der Waals surface area contributed by atoms with Gasteiger partial charge in [0.15, 0.2) is 5.69 Å². The molecule has 0 spiro atoms. The summed E-state index contributed by atoms with van der Waals surface area (Å²) in [5.41, 5.74) is 7.13. The van der Waals surface area contributed by atoms with Crippen LogP contribution in [0.2, 0.25) is 0 Å². The van der Waals surface area contributed by atoms with Crippen LogP contribution in [-0.4, -0.2) is 38.9 Å². The first-order valence-electron chi connectivity index (χ1n) is 8.67. The van der Waals surface area contributed by atoms with Gasteiger partial charge < -0.3 is 10.6 Å². The summed E-state index contributed by atoms with van der Waals surface area (Å²) in [5, 5.41) is 10.4. The molecule has 0 bridgehead atoms. The number of nitrogens with two attached hydrogens (primary N) is 1. The highest BCUT2D eigenvalue weighted by atomic mass is 16.2. The van der Waals surface area contributed by atoms with Gasteiger partial charge in [-0.15, -0.1) is 5.10 Å². The van der Waals surface area contributed by atoms with Gasteiger partial charge in [-0.1, -0.05) is 47.7 Å². The molecule has 2 N–H and O–H groups in total. The molecule has 1 saturated heterocycles. The van der Waals surface area contributed by atoms with Crippen LogP contribution in [0.15, 0.2) is 48.7 Å². The molecule has 2 aromatic carbocycles. The largest absolute Gasteiger partial charge is 0.330 e. The Hall–Kier alpha value is -2.73. The molecule has 1 unspecified atom stereocenters. The molecule has 1 atom stereocenters. The van der Waals surface area contributed by atoms with Gasteiger partial charge in [0.1, 0.15) is 0 Å². The van der Waals surface area contributed by atoms with Crippen molar-refractivity contribution < 1.29 is 4.79 Å². The molecular formula is C19H21N5O. The monoisotopic (exact) mass is 335 g/mol. The number of carbonyl (C=O) groups is 1. The van der Waals surface area contributed by atoms with Crippen molar-refractivity contribution in [2.45, 2.75) is 25.4 Å². The van der Waals surface area contributed by atoms with Crippen LogP contribution < -0.4 is 5.73 Å². The Morgan fingerprint density at radius 1 is 1.20 bits per heavy atom. The molecule has 0 aliphatic carbocycles. The van der Waals surface area contributed by atoms with Crippen LogP contribution in [0.1, 0.15) is 34.9 Å². The van der Waals surface area contributed by atoms with Gasteiger partial charge >= 0.3 is 0 Å². The predicted octanol–water partition coefficient (Wildman–Crippen LogP) is 2.37. The molecule has 6 heteroatoms. The number of carbonyl (C=O) groups excluding carboxylic acids is 1. The SMILES string of the molecule is NCCn1cc(C(=O)N2CCCC2c2cccc3ccccc23)nn1. The number of likely N-dealkylation sites (tertiary alicyclic amines) is 1. The smallest absolute Gasteiger partial charge is 0.276 e. The van der Waals surface area contributed by atoms with Crippen molar-refractivity contribution in [1.29, 1.82) is 0 Å². The Balaban J connectivity index is 1.66. The predicted molar refractivity (Wildman–Crippen MR) is 96.0 cm³/mol. The molecule has 3 aromatic rings. The van der Waals surface area contributed by atoms with Crippen molar-refractivity contribution in [3.05, 3.63) is 59.9 Å². The maximum Gasteiger partial charge on any atom is 0.276 e.